The van der Waals surface area contributed by atoms with Crippen molar-refractivity contribution < 1.29 is 5.11 Å². The zero-order valence-corrected chi connectivity index (χ0v) is 13.1. The van der Waals surface area contributed by atoms with Crippen LogP contribution >= 0.6 is 15.9 Å². The molecule has 3 rings (SSSR count). The van der Waals surface area contributed by atoms with Gasteiger partial charge in [-0.15, -0.1) is 0 Å². The van der Waals surface area contributed by atoms with Crippen LogP contribution < -0.4 is 4.90 Å². The van der Waals surface area contributed by atoms with Crippen molar-refractivity contribution in [1.82, 2.24) is 0 Å². The minimum atomic E-state index is -0.408. The minimum Gasteiger partial charge on any atom is -0.389 e. The lowest BCUT2D eigenvalue weighted by Gasteiger charge is -2.40. The first-order chi connectivity index (χ1) is 9.16. The van der Waals surface area contributed by atoms with E-state index in [-0.39, 0.29) is 0 Å². The number of aliphatic hydroxyl groups is 1. The lowest BCUT2D eigenvalue weighted by Crippen LogP contribution is -2.43. The molecule has 1 aliphatic carbocycles. The van der Waals surface area contributed by atoms with E-state index < -0.39 is 6.10 Å². The second kappa shape index (κ2) is 5.45. The molecule has 104 valence electrons. The zero-order valence-electron chi connectivity index (χ0n) is 11.5. The largest absolute Gasteiger partial charge is 0.389 e. The zero-order chi connectivity index (χ0) is 13.4. The summed E-state index contributed by atoms with van der Waals surface area (Å²) in [6.07, 6.45) is 6.35. The Balaban J connectivity index is 1.96. The molecule has 0 amide bonds. The number of hydrogen-bond donors (Lipinski definition) is 1. The van der Waals surface area contributed by atoms with Crippen LogP contribution in [0.3, 0.4) is 0 Å². The molecule has 1 aliphatic heterocycles. The van der Waals surface area contributed by atoms with Crippen LogP contribution in [-0.2, 0) is 0 Å². The van der Waals surface area contributed by atoms with Crippen LogP contribution in [0.5, 0.6) is 0 Å². The van der Waals surface area contributed by atoms with E-state index in [9.17, 15) is 5.11 Å². The normalized spacial score (nSPS) is 28.3. The standard InChI is InChI=1S/C16H22BrNO/c1-11(19)14-10-13(17)7-8-16(14)18-9-3-5-12-4-2-6-15(12)18/h7-8,10-12,15,19H,2-6,9H2,1H3. The summed E-state index contributed by atoms with van der Waals surface area (Å²) in [6.45, 7) is 3.00. The van der Waals surface area contributed by atoms with Gasteiger partial charge in [-0.05, 0) is 56.7 Å². The Labute approximate surface area is 123 Å². The Morgan fingerprint density at radius 3 is 2.84 bits per heavy atom. The fraction of sp³-hybridized carbons (Fsp3) is 0.625. The van der Waals surface area contributed by atoms with Gasteiger partial charge in [-0.25, -0.2) is 0 Å². The van der Waals surface area contributed by atoms with Crippen LogP contribution in [0.4, 0.5) is 5.69 Å². The summed E-state index contributed by atoms with van der Waals surface area (Å²) in [5, 5.41) is 10.1. The number of benzene rings is 1. The molecule has 1 N–H and O–H groups in total. The molecule has 2 nitrogen and oxygen atoms in total. The van der Waals surface area contributed by atoms with Crippen molar-refractivity contribution in [2.24, 2.45) is 5.92 Å². The minimum absolute atomic E-state index is 0.408. The van der Waals surface area contributed by atoms with Gasteiger partial charge in [0.05, 0.1) is 6.10 Å². The number of fused-ring (bicyclic) bond motifs is 1. The van der Waals surface area contributed by atoms with Crippen molar-refractivity contribution >= 4 is 21.6 Å². The lowest BCUT2D eigenvalue weighted by atomic mass is 9.90. The monoisotopic (exact) mass is 323 g/mol. The van der Waals surface area contributed by atoms with E-state index in [1.165, 1.54) is 37.8 Å². The Hall–Kier alpha value is -0.540. The van der Waals surface area contributed by atoms with Gasteiger partial charge in [0, 0.05) is 28.3 Å². The van der Waals surface area contributed by atoms with Gasteiger partial charge in [-0.1, -0.05) is 22.4 Å². The summed E-state index contributed by atoms with van der Waals surface area (Å²) < 4.78 is 1.05. The third kappa shape index (κ3) is 2.55. The Morgan fingerprint density at radius 1 is 1.26 bits per heavy atom. The average molecular weight is 324 g/mol. The summed E-state index contributed by atoms with van der Waals surface area (Å²) in [5.74, 6) is 0.874. The van der Waals surface area contributed by atoms with Gasteiger partial charge >= 0.3 is 0 Å². The molecule has 3 unspecified atom stereocenters. The molecule has 3 heteroatoms. The Kier molecular flexibility index (Phi) is 3.86. The number of aliphatic hydroxyl groups excluding tert-OH is 1. The lowest BCUT2D eigenvalue weighted by molar-refractivity contribution is 0.199. The fourth-order valence-corrected chi connectivity index (χ4v) is 4.25. The van der Waals surface area contributed by atoms with Crippen molar-refractivity contribution in [2.45, 2.75) is 51.2 Å². The van der Waals surface area contributed by atoms with Gasteiger partial charge in [0.25, 0.3) is 0 Å². The molecule has 1 aromatic rings. The van der Waals surface area contributed by atoms with Gasteiger partial charge in [-0.3, -0.25) is 0 Å². The van der Waals surface area contributed by atoms with Crippen LogP contribution in [0.1, 0.15) is 50.7 Å². The number of piperidine rings is 1. The second-order valence-electron chi connectivity index (χ2n) is 5.97. The van der Waals surface area contributed by atoms with E-state index in [2.05, 4.69) is 39.0 Å². The molecule has 0 radical (unpaired) electrons. The number of anilines is 1. The summed E-state index contributed by atoms with van der Waals surface area (Å²) in [6, 6.07) is 7.04. The molecular formula is C16H22BrNO. The van der Waals surface area contributed by atoms with Crippen molar-refractivity contribution in [3.05, 3.63) is 28.2 Å². The van der Waals surface area contributed by atoms with Crippen molar-refractivity contribution in [3.63, 3.8) is 0 Å². The molecule has 1 heterocycles. The molecule has 3 atom stereocenters. The quantitative estimate of drug-likeness (QED) is 0.878. The number of rotatable bonds is 2. The van der Waals surface area contributed by atoms with Crippen LogP contribution in [-0.4, -0.2) is 17.7 Å². The summed E-state index contributed by atoms with van der Waals surface area (Å²) in [5.41, 5.74) is 2.30. The second-order valence-corrected chi connectivity index (χ2v) is 6.89. The summed E-state index contributed by atoms with van der Waals surface area (Å²) >= 11 is 3.52. The number of halogens is 1. The SMILES string of the molecule is CC(O)c1cc(Br)ccc1N1CCCC2CCCC21. The van der Waals surface area contributed by atoms with Gasteiger partial charge in [0.1, 0.15) is 0 Å². The summed E-state index contributed by atoms with van der Waals surface area (Å²) in [7, 11) is 0. The highest BCUT2D eigenvalue weighted by Gasteiger charge is 2.35. The molecule has 1 saturated carbocycles. The van der Waals surface area contributed by atoms with Gasteiger partial charge in [-0.2, -0.15) is 0 Å². The predicted molar refractivity (Wildman–Crippen MR) is 82.5 cm³/mol. The van der Waals surface area contributed by atoms with Gasteiger partial charge < -0.3 is 10.0 Å². The van der Waals surface area contributed by atoms with Gasteiger partial charge in [0.2, 0.25) is 0 Å². The highest BCUT2D eigenvalue weighted by atomic mass is 79.9. The molecule has 1 saturated heterocycles. The summed E-state index contributed by atoms with van der Waals surface area (Å²) in [4.78, 5) is 2.57. The van der Waals surface area contributed by atoms with Crippen molar-refractivity contribution in [3.8, 4) is 0 Å². The van der Waals surface area contributed by atoms with E-state index in [0.717, 1.165) is 22.5 Å². The number of nitrogens with zero attached hydrogens (tertiary/aromatic N) is 1. The van der Waals surface area contributed by atoms with Crippen LogP contribution in [0.2, 0.25) is 0 Å². The van der Waals surface area contributed by atoms with E-state index in [1.54, 1.807) is 0 Å². The highest BCUT2D eigenvalue weighted by molar-refractivity contribution is 9.10. The predicted octanol–water partition coefficient (Wildman–Crippen LogP) is 4.27. The van der Waals surface area contributed by atoms with Crippen molar-refractivity contribution in [2.75, 3.05) is 11.4 Å². The van der Waals surface area contributed by atoms with E-state index in [4.69, 9.17) is 0 Å². The maximum absolute atomic E-state index is 10.1. The molecule has 0 bridgehead atoms. The molecule has 0 aromatic heterocycles. The fourth-order valence-electron chi connectivity index (χ4n) is 3.87. The van der Waals surface area contributed by atoms with E-state index in [0.29, 0.717) is 6.04 Å². The maximum atomic E-state index is 10.1. The smallest absolute Gasteiger partial charge is 0.0782 e. The van der Waals surface area contributed by atoms with E-state index in [1.807, 2.05) is 6.92 Å². The molecule has 0 spiro atoms. The maximum Gasteiger partial charge on any atom is 0.0782 e. The van der Waals surface area contributed by atoms with Crippen LogP contribution in [0, 0.1) is 5.92 Å². The van der Waals surface area contributed by atoms with Gasteiger partial charge in [0.15, 0.2) is 0 Å². The molecular weight excluding hydrogens is 302 g/mol. The topological polar surface area (TPSA) is 23.5 Å². The van der Waals surface area contributed by atoms with Crippen LogP contribution in [0.15, 0.2) is 22.7 Å². The molecule has 19 heavy (non-hydrogen) atoms. The van der Waals surface area contributed by atoms with Crippen molar-refractivity contribution in [1.29, 1.82) is 0 Å². The average Bonchev–Trinajstić information content (AvgIpc) is 2.86. The Bertz CT molecular complexity index is 460. The molecule has 2 aliphatic rings. The first-order valence-electron chi connectivity index (χ1n) is 7.41. The number of hydrogen-bond acceptors (Lipinski definition) is 2. The third-order valence-electron chi connectivity index (χ3n) is 4.74. The van der Waals surface area contributed by atoms with Crippen LogP contribution in [0.25, 0.3) is 0 Å². The van der Waals surface area contributed by atoms with E-state index >= 15 is 0 Å². The Morgan fingerprint density at radius 2 is 2.05 bits per heavy atom. The first-order valence-corrected chi connectivity index (χ1v) is 8.20. The first kappa shape index (κ1) is 13.4. The molecule has 2 fully saturated rings. The third-order valence-corrected chi connectivity index (χ3v) is 5.24. The molecule has 1 aromatic carbocycles. The highest BCUT2D eigenvalue weighted by Crippen LogP contribution is 2.41.